The molecule has 0 aliphatic rings. The molecule has 0 atom stereocenters. The van der Waals surface area contributed by atoms with Crippen LogP contribution in [0.25, 0.3) is 10.9 Å². The number of aromatic nitrogens is 1. The van der Waals surface area contributed by atoms with Crippen molar-refractivity contribution in [2.45, 2.75) is 65.7 Å². The highest BCUT2D eigenvalue weighted by atomic mass is 16.5. The van der Waals surface area contributed by atoms with Gasteiger partial charge in [0.1, 0.15) is 5.75 Å². The van der Waals surface area contributed by atoms with Crippen LogP contribution in [-0.2, 0) is 12.8 Å². The highest BCUT2D eigenvalue weighted by molar-refractivity contribution is 5.83. The Morgan fingerprint density at radius 3 is 2.19 bits per heavy atom. The third kappa shape index (κ3) is 9.00. The van der Waals surface area contributed by atoms with E-state index < -0.39 is 0 Å². The first-order valence-corrected chi connectivity index (χ1v) is 12.4. The Labute approximate surface area is 195 Å². The SMILES string of the molecule is CCCN(CCC)CCCCc1ccccc1.CCCc1ccnc2ccc(OC)cc12. The third-order valence-electron chi connectivity index (χ3n) is 5.67. The summed E-state index contributed by atoms with van der Waals surface area (Å²) in [6.45, 7) is 10.5. The van der Waals surface area contributed by atoms with E-state index in [1.165, 1.54) is 68.3 Å². The van der Waals surface area contributed by atoms with Crippen molar-refractivity contribution in [3.8, 4) is 5.75 Å². The molecule has 174 valence electrons. The second-order valence-electron chi connectivity index (χ2n) is 8.39. The van der Waals surface area contributed by atoms with Gasteiger partial charge in [0.25, 0.3) is 0 Å². The molecule has 32 heavy (non-hydrogen) atoms. The van der Waals surface area contributed by atoms with Crippen molar-refractivity contribution in [1.82, 2.24) is 9.88 Å². The first-order valence-electron chi connectivity index (χ1n) is 12.4. The van der Waals surface area contributed by atoms with Crippen molar-refractivity contribution < 1.29 is 4.74 Å². The van der Waals surface area contributed by atoms with Crippen LogP contribution in [0.4, 0.5) is 0 Å². The van der Waals surface area contributed by atoms with Gasteiger partial charge in [0.2, 0.25) is 0 Å². The molecule has 0 spiro atoms. The monoisotopic (exact) mass is 434 g/mol. The maximum Gasteiger partial charge on any atom is 0.119 e. The fourth-order valence-electron chi connectivity index (χ4n) is 4.07. The van der Waals surface area contributed by atoms with Crippen molar-refractivity contribution in [2.24, 2.45) is 0 Å². The van der Waals surface area contributed by atoms with E-state index >= 15 is 0 Å². The van der Waals surface area contributed by atoms with Gasteiger partial charge in [0, 0.05) is 11.6 Å². The molecule has 0 amide bonds. The molecule has 3 heteroatoms. The topological polar surface area (TPSA) is 25.4 Å². The molecule has 2 aromatic carbocycles. The van der Waals surface area contributed by atoms with Gasteiger partial charge in [0.05, 0.1) is 12.6 Å². The minimum absolute atomic E-state index is 0.896. The van der Waals surface area contributed by atoms with Crippen molar-refractivity contribution in [1.29, 1.82) is 0 Å². The molecule has 0 aliphatic carbocycles. The highest BCUT2D eigenvalue weighted by Gasteiger charge is 2.03. The lowest BCUT2D eigenvalue weighted by molar-refractivity contribution is 0.269. The molecular weight excluding hydrogens is 392 g/mol. The van der Waals surface area contributed by atoms with Gasteiger partial charge in [-0.05, 0) is 93.6 Å². The highest BCUT2D eigenvalue weighted by Crippen LogP contribution is 2.23. The van der Waals surface area contributed by atoms with Gasteiger partial charge in [-0.2, -0.15) is 0 Å². The summed E-state index contributed by atoms with van der Waals surface area (Å²) in [6.07, 6.45) is 10.5. The summed E-state index contributed by atoms with van der Waals surface area (Å²) < 4.78 is 5.23. The molecule has 0 unspecified atom stereocenters. The Morgan fingerprint density at radius 2 is 1.53 bits per heavy atom. The van der Waals surface area contributed by atoms with Crippen LogP contribution in [0.3, 0.4) is 0 Å². The zero-order valence-corrected chi connectivity index (χ0v) is 20.6. The van der Waals surface area contributed by atoms with Crippen molar-refractivity contribution in [3.05, 3.63) is 71.9 Å². The molecule has 0 bridgehead atoms. The third-order valence-corrected chi connectivity index (χ3v) is 5.67. The second-order valence-corrected chi connectivity index (χ2v) is 8.39. The predicted octanol–water partition coefficient (Wildman–Crippen LogP) is 7.33. The van der Waals surface area contributed by atoms with Gasteiger partial charge in [-0.15, -0.1) is 0 Å². The van der Waals surface area contributed by atoms with Gasteiger partial charge in [-0.25, -0.2) is 0 Å². The Bertz CT molecular complexity index is 873. The van der Waals surface area contributed by atoms with E-state index in [0.717, 1.165) is 24.1 Å². The molecule has 0 radical (unpaired) electrons. The number of nitrogens with zero attached hydrogens (tertiary/aromatic N) is 2. The van der Waals surface area contributed by atoms with Crippen LogP contribution in [0, 0.1) is 0 Å². The predicted molar refractivity (Wildman–Crippen MR) is 139 cm³/mol. The van der Waals surface area contributed by atoms with Crippen LogP contribution in [0.1, 0.15) is 64.0 Å². The maximum atomic E-state index is 5.23. The average molecular weight is 435 g/mol. The second kappa shape index (κ2) is 15.4. The summed E-state index contributed by atoms with van der Waals surface area (Å²) in [5, 5.41) is 1.21. The lowest BCUT2D eigenvalue weighted by Gasteiger charge is -2.20. The van der Waals surface area contributed by atoms with Gasteiger partial charge in [-0.1, -0.05) is 57.5 Å². The number of hydrogen-bond donors (Lipinski definition) is 0. The number of benzene rings is 2. The normalized spacial score (nSPS) is 10.8. The Morgan fingerprint density at radius 1 is 0.781 bits per heavy atom. The first-order chi connectivity index (χ1) is 15.7. The molecule has 0 fully saturated rings. The number of pyridine rings is 1. The average Bonchev–Trinajstić information content (AvgIpc) is 2.83. The van der Waals surface area contributed by atoms with Gasteiger partial charge >= 0.3 is 0 Å². The first kappa shape index (κ1) is 25.9. The Kier molecular flexibility index (Phi) is 12.5. The Hall–Kier alpha value is -2.39. The molecule has 0 saturated heterocycles. The van der Waals surface area contributed by atoms with E-state index in [-0.39, 0.29) is 0 Å². The molecule has 1 heterocycles. The summed E-state index contributed by atoms with van der Waals surface area (Å²) >= 11 is 0. The number of unbranched alkanes of at least 4 members (excludes halogenated alkanes) is 1. The molecule has 0 saturated carbocycles. The van der Waals surface area contributed by atoms with Crippen LogP contribution in [0.5, 0.6) is 5.75 Å². The number of fused-ring (bicyclic) bond motifs is 1. The number of methoxy groups -OCH3 is 1. The van der Waals surface area contributed by atoms with Crippen LogP contribution < -0.4 is 4.74 Å². The zero-order chi connectivity index (χ0) is 23.0. The number of rotatable bonds is 12. The summed E-state index contributed by atoms with van der Waals surface area (Å²) in [5.41, 5.74) is 3.87. The van der Waals surface area contributed by atoms with Gasteiger partial charge < -0.3 is 9.64 Å². The maximum absolute atomic E-state index is 5.23. The number of aryl methyl sites for hydroxylation is 2. The molecule has 1 aromatic heterocycles. The standard InChI is InChI=1S/C16H27N.C13H15NO/c1-3-13-17(14-4-2)15-9-8-12-16-10-6-5-7-11-16;1-3-4-10-7-8-14-13-6-5-11(15-2)9-12(10)13/h5-7,10-11H,3-4,8-9,12-15H2,1-2H3;5-9H,3-4H2,1-2H3. The smallest absolute Gasteiger partial charge is 0.119 e. The number of hydrogen-bond acceptors (Lipinski definition) is 3. The van der Waals surface area contributed by atoms with Gasteiger partial charge in [0.15, 0.2) is 0 Å². The number of ether oxygens (including phenoxy) is 1. The minimum atomic E-state index is 0.896. The largest absolute Gasteiger partial charge is 0.497 e. The molecule has 0 aliphatic heterocycles. The van der Waals surface area contributed by atoms with Crippen LogP contribution in [0.15, 0.2) is 60.8 Å². The lowest BCUT2D eigenvalue weighted by Crippen LogP contribution is -2.26. The lowest BCUT2D eigenvalue weighted by atomic mass is 10.1. The fraction of sp³-hybridized carbons (Fsp3) is 0.483. The van der Waals surface area contributed by atoms with Crippen molar-refractivity contribution in [3.63, 3.8) is 0 Å². The summed E-state index contributed by atoms with van der Waals surface area (Å²) in [4.78, 5) is 6.95. The fourth-order valence-corrected chi connectivity index (χ4v) is 4.07. The van der Waals surface area contributed by atoms with E-state index in [2.05, 4.69) is 73.1 Å². The van der Waals surface area contributed by atoms with Crippen molar-refractivity contribution >= 4 is 10.9 Å². The van der Waals surface area contributed by atoms with Crippen LogP contribution in [-0.4, -0.2) is 36.6 Å². The molecule has 3 nitrogen and oxygen atoms in total. The van der Waals surface area contributed by atoms with E-state index in [1.54, 1.807) is 7.11 Å². The summed E-state index contributed by atoms with van der Waals surface area (Å²) in [5.74, 6) is 0.896. The van der Waals surface area contributed by atoms with Crippen LogP contribution in [0.2, 0.25) is 0 Å². The quantitative estimate of drug-likeness (QED) is 0.279. The van der Waals surface area contributed by atoms with Crippen molar-refractivity contribution in [2.75, 3.05) is 26.7 Å². The molecular formula is C29H42N2O. The molecule has 0 N–H and O–H groups in total. The van der Waals surface area contributed by atoms with E-state index in [0.29, 0.717) is 0 Å². The summed E-state index contributed by atoms with van der Waals surface area (Å²) in [6, 6.07) is 18.9. The zero-order valence-electron chi connectivity index (χ0n) is 20.6. The van der Waals surface area contributed by atoms with E-state index in [9.17, 15) is 0 Å². The van der Waals surface area contributed by atoms with Gasteiger partial charge in [-0.3, -0.25) is 4.98 Å². The molecule has 3 rings (SSSR count). The van der Waals surface area contributed by atoms with E-state index in [1.807, 2.05) is 18.3 Å². The molecule has 3 aromatic rings. The van der Waals surface area contributed by atoms with Crippen LogP contribution >= 0.6 is 0 Å². The van der Waals surface area contributed by atoms with E-state index in [4.69, 9.17) is 4.74 Å². The Balaban J connectivity index is 0.000000228. The minimum Gasteiger partial charge on any atom is -0.497 e. The summed E-state index contributed by atoms with van der Waals surface area (Å²) in [7, 11) is 1.69.